The molecule has 0 aliphatic rings. The molecule has 1 unspecified atom stereocenters. The second-order valence-electron chi connectivity index (χ2n) is 2.69. The smallest absolute Gasteiger partial charge is 0.322 e. The molecule has 1 atom stereocenters. The number of esters is 1. The summed E-state index contributed by atoms with van der Waals surface area (Å²) in [5.74, 6) is -0.392. The van der Waals surface area contributed by atoms with Crippen molar-refractivity contribution in [1.82, 2.24) is 4.98 Å². The monoisotopic (exact) mass is 252 g/mol. The quantitative estimate of drug-likeness (QED) is 0.815. The number of aromatic nitrogens is 1. The van der Waals surface area contributed by atoms with Crippen molar-refractivity contribution < 1.29 is 9.53 Å². The molecule has 0 spiro atoms. The minimum Gasteiger partial charge on any atom is -0.468 e. The van der Waals surface area contributed by atoms with Gasteiger partial charge in [-0.2, -0.15) is 0 Å². The molecule has 0 saturated carbocycles. The Labute approximate surface area is 101 Å². The average molecular weight is 253 g/mol. The van der Waals surface area contributed by atoms with Crippen molar-refractivity contribution >= 4 is 30.8 Å². The molecule has 1 aromatic rings. The molecule has 0 aliphatic carbocycles. The predicted molar refractivity (Wildman–Crippen MR) is 62.4 cm³/mol. The van der Waals surface area contributed by atoms with Crippen LogP contribution in [0.15, 0.2) is 24.5 Å². The molecule has 0 aliphatic heterocycles. The van der Waals surface area contributed by atoms with Crippen LogP contribution in [0.3, 0.4) is 0 Å². The van der Waals surface area contributed by atoms with Gasteiger partial charge in [0.25, 0.3) is 0 Å². The molecule has 0 aromatic carbocycles. The zero-order valence-electron chi connectivity index (χ0n) is 8.25. The molecule has 0 fully saturated rings. The maximum Gasteiger partial charge on any atom is 0.322 e. The van der Waals surface area contributed by atoms with E-state index in [0.717, 1.165) is 5.56 Å². The van der Waals surface area contributed by atoms with E-state index in [0.29, 0.717) is 6.42 Å². The van der Waals surface area contributed by atoms with Gasteiger partial charge in [0.1, 0.15) is 6.04 Å². The van der Waals surface area contributed by atoms with Gasteiger partial charge in [-0.3, -0.25) is 9.78 Å². The third-order valence-electron chi connectivity index (χ3n) is 1.71. The lowest BCUT2D eigenvalue weighted by Crippen LogP contribution is -2.33. The summed E-state index contributed by atoms with van der Waals surface area (Å²) in [6.45, 7) is 0. The number of halogens is 2. The highest BCUT2D eigenvalue weighted by Gasteiger charge is 2.13. The van der Waals surface area contributed by atoms with E-state index in [2.05, 4.69) is 9.72 Å². The number of carbonyl (C=O) groups is 1. The molecule has 86 valence electrons. The summed E-state index contributed by atoms with van der Waals surface area (Å²) in [7, 11) is 1.33. The van der Waals surface area contributed by atoms with Crippen LogP contribution in [0, 0.1) is 0 Å². The van der Waals surface area contributed by atoms with E-state index >= 15 is 0 Å². The number of ether oxygens (including phenoxy) is 1. The topological polar surface area (TPSA) is 65.2 Å². The van der Waals surface area contributed by atoms with Gasteiger partial charge in [-0.1, -0.05) is 0 Å². The van der Waals surface area contributed by atoms with Crippen LogP contribution in [0.4, 0.5) is 0 Å². The molecule has 0 saturated heterocycles. The van der Waals surface area contributed by atoms with Crippen molar-refractivity contribution in [3.63, 3.8) is 0 Å². The molecule has 15 heavy (non-hydrogen) atoms. The molecular formula is C9H14Cl2N2O2. The van der Waals surface area contributed by atoms with Crippen LogP contribution in [0.25, 0.3) is 0 Å². The molecule has 4 nitrogen and oxygen atoms in total. The Morgan fingerprint density at radius 2 is 2.00 bits per heavy atom. The van der Waals surface area contributed by atoms with E-state index in [-0.39, 0.29) is 24.8 Å². The number of nitrogens with zero attached hydrogens (tertiary/aromatic N) is 1. The highest BCUT2D eigenvalue weighted by atomic mass is 35.5. The van der Waals surface area contributed by atoms with Crippen molar-refractivity contribution in [1.29, 1.82) is 0 Å². The zero-order valence-corrected chi connectivity index (χ0v) is 9.88. The second-order valence-corrected chi connectivity index (χ2v) is 2.69. The Hall–Kier alpha value is -0.840. The number of pyridine rings is 1. The van der Waals surface area contributed by atoms with Crippen molar-refractivity contribution in [3.8, 4) is 0 Å². The van der Waals surface area contributed by atoms with Crippen LogP contribution in [-0.4, -0.2) is 24.1 Å². The van der Waals surface area contributed by atoms with E-state index in [1.165, 1.54) is 7.11 Å². The van der Waals surface area contributed by atoms with Gasteiger partial charge in [0, 0.05) is 12.4 Å². The van der Waals surface area contributed by atoms with Crippen LogP contribution < -0.4 is 5.73 Å². The number of hydrogen-bond acceptors (Lipinski definition) is 4. The molecule has 0 bridgehead atoms. The van der Waals surface area contributed by atoms with Gasteiger partial charge >= 0.3 is 5.97 Å². The maximum absolute atomic E-state index is 11.0. The van der Waals surface area contributed by atoms with E-state index < -0.39 is 12.0 Å². The first-order valence-electron chi connectivity index (χ1n) is 3.96. The van der Waals surface area contributed by atoms with Gasteiger partial charge in [-0.15, -0.1) is 24.8 Å². The lowest BCUT2D eigenvalue weighted by atomic mass is 10.1. The lowest BCUT2D eigenvalue weighted by Gasteiger charge is -2.08. The zero-order chi connectivity index (χ0) is 9.68. The Bertz CT molecular complexity index is 283. The molecule has 0 amide bonds. The minimum atomic E-state index is -0.590. The first-order valence-corrected chi connectivity index (χ1v) is 3.96. The molecule has 1 rings (SSSR count). The van der Waals surface area contributed by atoms with Gasteiger partial charge in [-0.25, -0.2) is 0 Å². The summed E-state index contributed by atoms with van der Waals surface area (Å²) in [6.07, 6.45) is 3.81. The average Bonchev–Trinajstić information content (AvgIpc) is 2.18. The van der Waals surface area contributed by atoms with Gasteiger partial charge in [-0.05, 0) is 24.1 Å². The fourth-order valence-electron chi connectivity index (χ4n) is 1.01. The minimum absolute atomic E-state index is 0. The number of rotatable bonds is 3. The predicted octanol–water partition coefficient (Wildman–Crippen LogP) is 0.968. The third-order valence-corrected chi connectivity index (χ3v) is 1.71. The van der Waals surface area contributed by atoms with Crippen molar-refractivity contribution in [2.24, 2.45) is 5.73 Å². The van der Waals surface area contributed by atoms with Crippen molar-refractivity contribution in [2.75, 3.05) is 7.11 Å². The summed E-state index contributed by atoms with van der Waals surface area (Å²) < 4.78 is 4.50. The SMILES string of the molecule is COC(=O)C(N)Cc1ccncc1.Cl.Cl. The summed E-state index contributed by atoms with van der Waals surface area (Å²) in [4.78, 5) is 14.8. The Morgan fingerprint density at radius 3 is 2.47 bits per heavy atom. The molecule has 1 heterocycles. The van der Waals surface area contributed by atoms with Gasteiger partial charge < -0.3 is 10.5 Å². The van der Waals surface area contributed by atoms with Crippen LogP contribution in [0.5, 0.6) is 0 Å². The Morgan fingerprint density at radius 1 is 1.47 bits per heavy atom. The Balaban J connectivity index is 0. The number of nitrogens with two attached hydrogens (primary N) is 1. The maximum atomic E-state index is 11.0. The van der Waals surface area contributed by atoms with Crippen molar-refractivity contribution in [2.45, 2.75) is 12.5 Å². The van der Waals surface area contributed by atoms with Crippen LogP contribution in [0.2, 0.25) is 0 Å². The molecule has 6 heteroatoms. The largest absolute Gasteiger partial charge is 0.468 e. The lowest BCUT2D eigenvalue weighted by molar-refractivity contribution is -0.142. The van der Waals surface area contributed by atoms with Gasteiger partial charge in [0.05, 0.1) is 7.11 Å². The van der Waals surface area contributed by atoms with Crippen LogP contribution >= 0.6 is 24.8 Å². The molecule has 0 radical (unpaired) electrons. The molecule has 1 aromatic heterocycles. The summed E-state index contributed by atoms with van der Waals surface area (Å²) in [6, 6.07) is 3.05. The fourth-order valence-corrected chi connectivity index (χ4v) is 1.01. The highest BCUT2D eigenvalue weighted by Crippen LogP contribution is 2.00. The summed E-state index contributed by atoms with van der Waals surface area (Å²) in [5.41, 5.74) is 6.54. The molecular weight excluding hydrogens is 239 g/mol. The number of methoxy groups -OCH3 is 1. The van der Waals surface area contributed by atoms with Crippen LogP contribution in [0.1, 0.15) is 5.56 Å². The van der Waals surface area contributed by atoms with E-state index in [1.807, 2.05) is 12.1 Å². The second kappa shape index (κ2) is 8.47. The highest BCUT2D eigenvalue weighted by molar-refractivity contribution is 5.85. The van der Waals surface area contributed by atoms with Gasteiger partial charge in [0.2, 0.25) is 0 Å². The first-order chi connectivity index (χ1) is 6.24. The van der Waals surface area contributed by atoms with E-state index in [4.69, 9.17) is 5.73 Å². The summed E-state index contributed by atoms with van der Waals surface area (Å²) in [5, 5.41) is 0. The Kier molecular flexibility index (Phi) is 9.36. The van der Waals surface area contributed by atoms with Crippen molar-refractivity contribution in [3.05, 3.63) is 30.1 Å². The molecule has 2 N–H and O–H groups in total. The fraction of sp³-hybridized carbons (Fsp3) is 0.333. The normalized spacial score (nSPS) is 10.5. The van der Waals surface area contributed by atoms with Crippen LogP contribution in [-0.2, 0) is 16.0 Å². The van der Waals surface area contributed by atoms with Gasteiger partial charge in [0.15, 0.2) is 0 Å². The number of carbonyl (C=O) groups excluding carboxylic acids is 1. The van der Waals surface area contributed by atoms with E-state index in [9.17, 15) is 4.79 Å². The first kappa shape index (κ1) is 16.6. The summed E-state index contributed by atoms with van der Waals surface area (Å²) >= 11 is 0. The number of hydrogen-bond donors (Lipinski definition) is 1. The third kappa shape index (κ3) is 5.57. The standard InChI is InChI=1S/C9H12N2O2.2ClH/c1-13-9(12)8(10)6-7-2-4-11-5-3-7;;/h2-5,8H,6,10H2,1H3;2*1H. The van der Waals surface area contributed by atoms with E-state index in [1.54, 1.807) is 12.4 Å².